The van der Waals surface area contributed by atoms with E-state index < -0.39 is 21.7 Å². The van der Waals surface area contributed by atoms with Crippen molar-refractivity contribution in [1.29, 1.82) is 10.7 Å². The molecule has 0 saturated carbocycles. The van der Waals surface area contributed by atoms with Gasteiger partial charge in [-0.1, -0.05) is 24.3 Å². The zero-order chi connectivity index (χ0) is 21.4. The molecule has 2 N–H and O–H groups in total. The topological polar surface area (TPSA) is 172 Å². The fourth-order valence-electron chi connectivity index (χ4n) is 3.48. The summed E-state index contributed by atoms with van der Waals surface area (Å²) in [6.45, 7) is 0. The number of hydrogen-bond donors (Lipinski definition) is 2. The lowest BCUT2D eigenvalue weighted by atomic mass is 9.79. The first kappa shape index (κ1) is 18.8. The minimum atomic E-state index is -1.01. The summed E-state index contributed by atoms with van der Waals surface area (Å²) in [6, 6.07) is 13.6. The van der Waals surface area contributed by atoms with Crippen molar-refractivity contribution in [3.05, 3.63) is 79.9 Å². The number of nitriles is 1. The zero-order valence-corrected chi connectivity index (χ0v) is 15.1. The van der Waals surface area contributed by atoms with Crippen LogP contribution in [0.25, 0.3) is 11.3 Å². The van der Waals surface area contributed by atoms with Gasteiger partial charge in [-0.3, -0.25) is 30.7 Å². The van der Waals surface area contributed by atoms with Crippen molar-refractivity contribution in [3.63, 3.8) is 0 Å². The van der Waals surface area contributed by atoms with Crippen LogP contribution in [0.3, 0.4) is 0 Å². The molecule has 0 amide bonds. The van der Waals surface area contributed by atoms with Crippen LogP contribution in [0, 0.1) is 42.9 Å². The molecule has 0 bridgehead atoms. The number of nitrogens with one attached hydrogen (secondary N) is 2. The molecule has 11 heteroatoms. The summed E-state index contributed by atoms with van der Waals surface area (Å²) in [5, 5.41) is 46.7. The lowest BCUT2D eigenvalue weighted by molar-refractivity contribution is -0.385. The Balaban J connectivity index is 1.90. The third kappa shape index (κ3) is 3.02. The van der Waals surface area contributed by atoms with Crippen molar-refractivity contribution in [2.75, 3.05) is 0 Å². The highest BCUT2D eigenvalue weighted by atomic mass is 16.6. The van der Waals surface area contributed by atoms with Crippen LogP contribution in [0.5, 0.6) is 5.88 Å². The maximum absolute atomic E-state index is 11.2. The Kier molecular flexibility index (Phi) is 4.44. The molecule has 0 spiro atoms. The SMILES string of the molecule is N#CC1C(=N)Oc2n[nH]c(-c3cccc([N+](=O)[O-])c3)c2C1c1ccc([N+](=O)[O-])cc1. The Hall–Kier alpha value is -4.59. The second-order valence-electron chi connectivity index (χ2n) is 6.52. The van der Waals surface area contributed by atoms with Gasteiger partial charge in [-0.05, 0) is 5.56 Å². The van der Waals surface area contributed by atoms with Gasteiger partial charge in [0.05, 0.1) is 27.2 Å². The van der Waals surface area contributed by atoms with Crippen LogP contribution in [0.15, 0.2) is 48.5 Å². The minimum absolute atomic E-state index is 0.0800. The second-order valence-corrected chi connectivity index (χ2v) is 6.52. The van der Waals surface area contributed by atoms with E-state index in [1.54, 1.807) is 6.07 Å². The quantitative estimate of drug-likeness (QED) is 0.494. The van der Waals surface area contributed by atoms with Gasteiger partial charge in [-0.15, -0.1) is 5.10 Å². The number of nitro groups is 2. The molecular weight excluding hydrogens is 392 g/mol. The zero-order valence-electron chi connectivity index (χ0n) is 15.1. The van der Waals surface area contributed by atoms with E-state index in [9.17, 15) is 25.5 Å². The minimum Gasteiger partial charge on any atom is -0.422 e. The molecule has 2 heterocycles. The van der Waals surface area contributed by atoms with Crippen LogP contribution in [-0.2, 0) is 0 Å². The van der Waals surface area contributed by atoms with E-state index in [-0.39, 0.29) is 23.2 Å². The second kappa shape index (κ2) is 7.10. The number of nitrogens with zero attached hydrogens (tertiary/aromatic N) is 4. The molecule has 3 aromatic rings. The molecule has 30 heavy (non-hydrogen) atoms. The number of hydrogen-bond acceptors (Lipinski definition) is 8. The monoisotopic (exact) mass is 404 g/mol. The van der Waals surface area contributed by atoms with Crippen molar-refractivity contribution in [2.45, 2.75) is 5.92 Å². The molecule has 2 unspecified atom stereocenters. The number of non-ortho nitro benzene ring substituents is 2. The van der Waals surface area contributed by atoms with Crippen molar-refractivity contribution >= 4 is 17.3 Å². The van der Waals surface area contributed by atoms with E-state index in [1.165, 1.54) is 42.5 Å². The maximum atomic E-state index is 11.2. The van der Waals surface area contributed by atoms with E-state index in [2.05, 4.69) is 10.2 Å². The highest BCUT2D eigenvalue weighted by molar-refractivity contribution is 5.86. The Morgan fingerprint density at radius 3 is 2.43 bits per heavy atom. The van der Waals surface area contributed by atoms with Gasteiger partial charge in [0.25, 0.3) is 11.4 Å². The van der Waals surface area contributed by atoms with Crippen LogP contribution in [0.4, 0.5) is 11.4 Å². The van der Waals surface area contributed by atoms with E-state index >= 15 is 0 Å². The number of ether oxygens (including phenoxy) is 1. The number of nitro benzene ring substituents is 2. The summed E-state index contributed by atoms with van der Waals surface area (Å²) < 4.78 is 5.41. The first-order chi connectivity index (χ1) is 14.4. The molecule has 0 radical (unpaired) electrons. The van der Waals surface area contributed by atoms with Crippen molar-refractivity contribution in [2.24, 2.45) is 5.92 Å². The van der Waals surface area contributed by atoms with Crippen molar-refractivity contribution in [3.8, 4) is 23.2 Å². The lowest BCUT2D eigenvalue weighted by Crippen LogP contribution is -2.30. The molecular formula is C19H12N6O5. The first-order valence-corrected chi connectivity index (χ1v) is 8.64. The molecule has 1 aromatic heterocycles. The summed E-state index contributed by atoms with van der Waals surface area (Å²) in [7, 11) is 0. The molecule has 0 aliphatic carbocycles. The lowest BCUT2D eigenvalue weighted by Gasteiger charge is -2.28. The molecule has 4 rings (SSSR count). The average molecular weight is 404 g/mol. The van der Waals surface area contributed by atoms with E-state index in [0.717, 1.165) is 0 Å². The van der Waals surface area contributed by atoms with Crippen LogP contribution >= 0.6 is 0 Å². The molecule has 0 saturated heterocycles. The number of aromatic nitrogens is 2. The fraction of sp³-hybridized carbons (Fsp3) is 0.105. The van der Waals surface area contributed by atoms with E-state index in [1.807, 2.05) is 6.07 Å². The summed E-state index contributed by atoms with van der Waals surface area (Å²) in [5.41, 5.74) is 1.63. The first-order valence-electron chi connectivity index (χ1n) is 8.64. The smallest absolute Gasteiger partial charge is 0.270 e. The van der Waals surface area contributed by atoms with Crippen molar-refractivity contribution < 1.29 is 14.6 Å². The van der Waals surface area contributed by atoms with Crippen LogP contribution in [0.1, 0.15) is 17.0 Å². The normalized spacial score (nSPS) is 17.5. The Morgan fingerprint density at radius 1 is 1.10 bits per heavy atom. The highest BCUT2D eigenvalue weighted by Crippen LogP contribution is 2.46. The fourth-order valence-corrected chi connectivity index (χ4v) is 3.48. The predicted molar refractivity (Wildman–Crippen MR) is 103 cm³/mol. The van der Waals surface area contributed by atoms with E-state index in [0.29, 0.717) is 22.4 Å². The van der Waals surface area contributed by atoms with Gasteiger partial charge < -0.3 is 4.74 Å². The standard InChI is InChI=1S/C19H12N6O5/c20-9-14-15(10-4-6-12(7-5-10)24(26)27)16-17(22-23-19(16)30-18(14)21)11-2-1-3-13(8-11)25(28)29/h1-8,14-15,21H,(H,22,23). The Bertz CT molecular complexity index is 1230. The maximum Gasteiger partial charge on any atom is 0.270 e. The summed E-state index contributed by atoms with van der Waals surface area (Å²) in [5.74, 6) is -1.93. The van der Waals surface area contributed by atoms with E-state index in [4.69, 9.17) is 10.1 Å². The third-order valence-corrected chi connectivity index (χ3v) is 4.85. The molecule has 11 nitrogen and oxygen atoms in total. The van der Waals surface area contributed by atoms with Crippen LogP contribution in [0.2, 0.25) is 0 Å². The van der Waals surface area contributed by atoms with Crippen molar-refractivity contribution in [1.82, 2.24) is 10.2 Å². The van der Waals surface area contributed by atoms with Crippen LogP contribution < -0.4 is 4.74 Å². The van der Waals surface area contributed by atoms with Gasteiger partial charge in [0.1, 0.15) is 5.92 Å². The molecule has 2 atom stereocenters. The number of rotatable bonds is 4. The van der Waals surface area contributed by atoms with Crippen LogP contribution in [-0.4, -0.2) is 25.9 Å². The van der Waals surface area contributed by atoms with Gasteiger partial charge in [0.2, 0.25) is 11.8 Å². The highest BCUT2D eigenvalue weighted by Gasteiger charge is 2.41. The number of fused-ring (bicyclic) bond motifs is 1. The summed E-state index contributed by atoms with van der Waals surface area (Å²) >= 11 is 0. The Morgan fingerprint density at radius 2 is 1.80 bits per heavy atom. The molecule has 1 aliphatic heterocycles. The number of benzene rings is 2. The molecule has 148 valence electrons. The summed E-state index contributed by atoms with van der Waals surface area (Å²) in [6.07, 6.45) is 0. The third-order valence-electron chi connectivity index (χ3n) is 4.85. The molecule has 2 aromatic carbocycles. The number of aromatic amines is 1. The Labute approximate surface area is 168 Å². The largest absolute Gasteiger partial charge is 0.422 e. The van der Waals surface area contributed by atoms with Gasteiger partial charge in [0.15, 0.2) is 0 Å². The molecule has 1 aliphatic rings. The van der Waals surface area contributed by atoms with Gasteiger partial charge in [-0.2, -0.15) is 5.26 Å². The number of H-pyrrole nitrogens is 1. The average Bonchev–Trinajstić information content (AvgIpc) is 3.16. The van der Waals surface area contributed by atoms with Gasteiger partial charge >= 0.3 is 0 Å². The predicted octanol–water partition coefficient (Wildman–Crippen LogP) is 3.53. The summed E-state index contributed by atoms with van der Waals surface area (Å²) in [4.78, 5) is 21.1. The van der Waals surface area contributed by atoms with Gasteiger partial charge in [0, 0.05) is 35.7 Å². The molecule has 0 fully saturated rings. The van der Waals surface area contributed by atoms with Gasteiger partial charge in [-0.25, -0.2) is 0 Å².